The molecule has 0 N–H and O–H groups in total. The number of aromatic nitrogens is 1. The van der Waals surface area contributed by atoms with Crippen molar-refractivity contribution in [3.8, 4) is 0 Å². The standard InChI is InChI=1S/C11H15NS3/c1-2-10-8-14-6-4-13-5-7-15-9-11(3-1)12-10/h1-3H,4-9H2. The average Bonchev–Trinajstić information content (AvgIpc) is 2.26. The molecule has 1 aliphatic heterocycles. The topological polar surface area (TPSA) is 12.9 Å². The third-order valence-electron chi connectivity index (χ3n) is 2.11. The Morgan fingerprint density at radius 2 is 1.33 bits per heavy atom. The van der Waals surface area contributed by atoms with Crippen molar-refractivity contribution >= 4 is 35.3 Å². The summed E-state index contributed by atoms with van der Waals surface area (Å²) in [5, 5.41) is 0. The fraction of sp³-hybridized carbons (Fsp3) is 0.545. The fourth-order valence-corrected chi connectivity index (χ4v) is 4.50. The van der Waals surface area contributed by atoms with E-state index in [1.807, 2.05) is 23.5 Å². The highest BCUT2D eigenvalue weighted by Crippen LogP contribution is 2.18. The molecule has 0 amide bonds. The van der Waals surface area contributed by atoms with Crippen LogP contribution >= 0.6 is 35.3 Å². The van der Waals surface area contributed by atoms with Crippen LogP contribution in [0.2, 0.25) is 0 Å². The zero-order chi connectivity index (χ0) is 10.3. The molecular formula is C11H15NS3. The molecule has 2 heterocycles. The molecule has 15 heavy (non-hydrogen) atoms. The highest BCUT2D eigenvalue weighted by atomic mass is 32.2. The van der Waals surface area contributed by atoms with Crippen LogP contribution in [0.1, 0.15) is 11.4 Å². The third-order valence-corrected chi connectivity index (χ3v) is 5.60. The van der Waals surface area contributed by atoms with Gasteiger partial charge in [-0.25, -0.2) is 0 Å². The monoisotopic (exact) mass is 257 g/mol. The van der Waals surface area contributed by atoms with Gasteiger partial charge in [0.25, 0.3) is 0 Å². The third kappa shape index (κ3) is 4.29. The van der Waals surface area contributed by atoms with E-state index >= 15 is 0 Å². The Morgan fingerprint density at radius 1 is 0.800 bits per heavy atom. The van der Waals surface area contributed by atoms with Gasteiger partial charge < -0.3 is 0 Å². The highest BCUT2D eigenvalue weighted by molar-refractivity contribution is 8.04. The van der Waals surface area contributed by atoms with E-state index in [9.17, 15) is 0 Å². The van der Waals surface area contributed by atoms with Crippen LogP contribution in [0.3, 0.4) is 0 Å². The second kappa shape index (κ2) is 6.71. The lowest BCUT2D eigenvalue weighted by molar-refractivity contribution is 1.09. The van der Waals surface area contributed by atoms with E-state index in [-0.39, 0.29) is 0 Å². The molecule has 0 fully saturated rings. The molecule has 82 valence electrons. The summed E-state index contributed by atoms with van der Waals surface area (Å²) in [7, 11) is 0. The van der Waals surface area contributed by atoms with Crippen molar-refractivity contribution in [1.82, 2.24) is 4.98 Å². The Bertz CT molecular complexity index is 278. The summed E-state index contributed by atoms with van der Waals surface area (Å²) < 4.78 is 0. The van der Waals surface area contributed by atoms with Gasteiger partial charge in [0.15, 0.2) is 0 Å². The van der Waals surface area contributed by atoms with Crippen LogP contribution < -0.4 is 0 Å². The lowest BCUT2D eigenvalue weighted by Gasteiger charge is -2.07. The minimum atomic E-state index is 1.07. The molecule has 2 rings (SSSR count). The summed E-state index contributed by atoms with van der Waals surface area (Å²) in [6.07, 6.45) is 0. The van der Waals surface area contributed by atoms with Crippen molar-refractivity contribution in [3.63, 3.8) is 0 Å². The molecule has 0 aromatic carbocycles. The van der Waals surface area contributed by atoms with Crippen molar-refractivity contribution in [2.24, 2.45) is 0 Å². The first-order chi connectivity index (χ1) is 7.45. The normalized spacial score (nSPS) is 18.9. The quantitative estimate of drug-likeness (QED) is 0.707. The second-order valence-corrected chi connectivity index (χ2v) is 6.77. The molecular weight excluding hydrogens is 242 g/mol. The maximum absolute atomic E-state index is 4.66. The van der Waals surface area contributed by atoms with Gasteiger partial charge >= 0.3 is 0 Å². The highest BCUT2D eigenvalue weighted by Gasteiger charge is 2.01. The van der Waals surface area contributed by atoms with E-state index in [0.29, 0.717) is 0 Å². The zero-order valence-corrected chi connectivity index (χ0v) is 11.1. The van der Waals surface area contributed by atoms with Crippen LogP contribution in [-0.2, 0) is 11.5 Å². The number of fused-ring (bicyclic) bond motifs is 2. The Labute approximate surface area is 104 Å². The number of hydrogen-bond donors (Lipinski definition) is 0. The summed E-state index contributed by atoms with van der Waals surface area (Å²) in [6.45, 7) is 0. The molecule has 0 atom stereocenters. The van der Waals surface area contributed by atoms with Gasteiger partial charge in [0, 0.05) is 34.5 Å². The maximum Gasteiger partial charge on any atom is 0.0506 e. The van der Waals surface area contributed by atoms with Crippen LogP contribution in [0.5, 0.6) is 0 Å². The van der Waals surface area contributed by atoms with Crippen LogP contribution in [0.25, 0.3) is 0 Å². The summed E-state index contributed by atoms with van der Waals surface area (Å²) in [5.41, 5.74) is 2.48. The van der Waals surface area contributed by atoms with Crippen molar-refractivity contribution < 1.29 is 0 Å². The molecule has 1 aromatic heterocycles. The van der Waals surface area contributed by atoms with E-state index in [2.05, 4.69) is 34.9 Å². The van der Waals surface area contributed by atoms with E-state index in [4.69, 9.17) is 0 Å². The molecule has 4 heteroatoms. The van der Waals surface area contributed by atoms with Gasteiger partial charge in [-0.2, -0.15) is 35.3 Å². The molecule has 1 aliphatic rings. The van der Waals surface area contributed by atoms with Gasteiger partial charge in [0.2, 0.25) is 0 Å². The van der Waals surface area contributed by atoms with Crippen LogP contribution in [0.15, 0.2) is 18.2 Å². The smallest absolute Gasteiger partial charge is 0.0506 e. The predicted octanol–water partition coefficient (Wildman–Crippen LogP) is 3.29. The largest absolute Gasteiger partial charge is 0.256 e. The van der Waals surface area contributed by atoms with Crippen molar-refractivity contribution in [2.45, 2.75) is 11.5 Å². The van der Waals surface area contributed by atoms with Gasteiger partial charge in [-0.1, -0.05) is 6.07 Å². The molecule has 2 bridgehead atoms. The second-order valence-electron chi connectivity index (χ2n) is 3.34. The van der Waals surface area contributed by atoms with E-state index < -0.39 is 0 Å². The van der Waals surface area contributed by atoms with Gasteiger partial charge in [0.1, 0.15) is 0 Å². The zero-order valence-electron chi connectivity index (χ0n) is 8.65. The van der Waals surface area contributed by atoms with Crippen LogP contribution in [0.4, 0.5) is 0 Å². The van der Waals surface area contributed by atoms with Crippen LogP contribution in [0, 0.1) is 0 Å². The molecule has 0 saturated heterocycles. The van der Waals surface area contributed by atoms with Crippen molar-refractivity contribution in [1.29, 1.82) is 0 Å². The van der Waals surface area contributed by atoms with Crippen molar-refractivity contribution in [2.75, 3.05) is 23.0 Å². The van der Waals surface area contributed by atoms with E-state index in [1.54, 1.807) is 0 Å². The number of hydrogen-bond acceptors (Lipinski definition) is 4. The minimum Gasteiger partial charge on any atom is -0.256 e. The van der Waals surface area contributed by atoms with Gasteiger partial charge in [-0.3, -0.25) is 4.98 Å². The number of nitrogens with zero attached hydrogens (tertiary/aromatic N) is 1. The van der Waals surface area contributed by atoms with Crippen molar-refractivity contribution in [3.05, 3.63) is 29.6 Å². The summed E-state index contributed by atoms with van der Waals surface area (Å²) in [5.74, 6) is 7.20. The average molecular weight is 257 g/mol. The lowest BCUT2D eigenvalue weighted by atomic mass is 10.3. The molecule has 0 unspecified atom stereocenters. The summed E-state index contributed by atoms with van der Waals surface area (Å²) in [4.78, 5) is 4.66. The maximum atomic E-state index is 4.66. The lowest BCUT2D eigenvalue weighted by Crippen LogP contribution is -1.97. The molecule has 0 spiro atoms. The van der Waals surface area contributed by atoms with E-state index in [0.717, 1.165) is 11.5 Å². The first kappa shape index (κ1) is 11.7. The number of pyridine rings is 1. The number of rotatable bonds is 0. The summed E-state index contributed by atoms with van der Waals surface area (Å²) in [6, 6.07) is 6.42. The minimum absolute atomic E-state index is 1.07. The molecule has 1 nitrogen and oxygen atoms in total. The van der Waals surface area contributed by atoms with Crippen LogP contribution in [-0.4, -0.2) is 28.0 Å². The predicted molar refractivity (Wildman–Crippen MR) is 73.9 cm³/mol. The first-order valence-corrected chi connectivity index (χ1v) is 8.59. The molecule has 0 radical (unpaired) electrons. The van der Waals surface area contributed by atoms with Gasteiger partial charge in [-0.05, 0) is 12.1 Å². The SMILES string of the molecule is c1cc2nc(c1)CSCCSCCSC2. The Kier molecular flexibility index (Phi) is 5.23. The Balaban J connectivity index is 2.00. The molecule has 1 aromatic rings. The number of thioether (sulfide) groups is 3. The molecule has 0 aliphatic carbocycles. The first-order valence-electron chi connectivity index (χ1n) is 5.13. The van der Waals surface area contributed by atoms with E-state index in [1.165, 1.54) is 34.4 Å². The Morgan fingerprint density at radius 3 is 1.93 bits per heavy atom. The summed E-state index contributed by atoms with van der Waals surface area (Å²) >= 11 is 6.08. The molecule has 0 saturated carbocycles. The Hall–Kier alpha value is 0.200. The van der Waals surface area contributed by atoms with Gasteiger partial charge in [-0.15, -0.1) is 0 Å². The fourth-order valence-electron chi connectivity index (χ4n) is 1.38. The van der Waals surface area contributed by atoms with Gasteiger partial charge in [0.05, 0.1) is 11.4 Å².